The van der Waals surface area contributed by atoms with Crippen LogP contribution >= 0.6 is 0 Å². The summed E-state index contributed by atoms with van der Waals surface area (Å²) in [5.74, 6) is -0.444. The van der Waals surface area contributed by atoms with Gasteiger partial charge < -0.3 is 19.7 Å². The molecule has 8 heteroatoms. The topological polar surface area (TPSA) is 103 Å². The van der Waals surface area contributed by atoms with Gasteiger partial charge in [0.2, 0.25) is 0 Å². The summed E-state index contributed by atoms with van der Waals surface area (Å²) in [6.45, 7) is -0.146. The van der Waals surface area contributed by atoms with E-state index >= 15 is 0 Å². The summed E-state index contributed by atoms with van der Waals surface area (Å²) < 4.78 is 8.77. The predicted octanol–water partition coefficient (Wildman–Crippen LogP) is 3.42. The number of ether oxygens (including phenoxy) is 1. The number of fused-ring (bicyclic) bond motifs is 3. The van der Waals surface area contributed by atoms with Crippen LogP contribution in [-0.4, -0.2) is 45.2 Å². The first kappa shape index (κ1) is 23.8. The van der Waals surface area contributed by atoms with Gasteiger partial charge in [-0.2, -0.15) is 0 Å². The van der Waals surface area contributed by atoms with Gasteiger partial charge in [-0.15, -0.1) is 0 Å². The lowest BCUT2D eigenvalue weighted by Crippen LogP contribution is -2.45. The molecule has 1 aliphatic carbocycles. The fourth-order valence-corrected chi connectivity index (χ4v) is 5.31. The van der Waals surface area contributed by atoms with Crippen LogP contribution in [0.3, 0.4) is 0 Å². The number of ketones is 1. The Kier molecular flexibility index (Phi) is 6.36. The van der Waals surface area contributed by atoms with Crippen LogP contribution in [0.5, 0.6) is 5.75 Å². The monoisotopic (exact) mass is 487 g/mol. The molecule has 0 unspecified atom stereocenters. The SMILES string of the molecule is COc1c(C(=O)N[C@@H]2CCCC[C@H]2O)n(C)c2c1c(=O)n(CC(=O)c1ccccc1)c1ccccc21. The second kappa shape index (κ2) is 9.62. The Balaban J connectivity index is 1.68. The highest BCUT2D eigenvalue weighted by Crippen LogP contribution is 2.35. The number of benzene rings is 2. The number of methoxy groups -OCH3 is 1. The number of aromatic nitrogens is 2. The van der Waals surface area contributed by atoms with Gasteiger partial charge in [-0.05, 0) is 18.9 Å². The zero-order valence-electron chi connectivity index (χ0n) is 20.4. The number of pyridine rings is 1. The number of aryl methyl sites for hydroxylation is 1. The second-order valence-electron chi connectivity index (χ2n) is 9.29. The summed E-state index contributed by atoms with van der Waals surface area (Å²) >= 11 is 0. The molecule has 36 heavy (non-hydrogen) atoms. The van der Waals surface area contributed by atoms with E-state index in [-0.39, 0.29) is 35.2 Å². The lowest BCUT2D eigenvalue weighted by Gasteiger charge is -2.28. The molecule has 1 amide bonds. The van der Waals surface area contributed by atoms with Crippen LogP contribution in [0.15, 0.2) is 59.4 Å². The molecule has 2 N–H and O–H groups in total. The van der Waals surface area contributed by atoms with E-state index in [1.165, 1.54) is 11.7 Å². The molecule has 0 radical (unpaired) electrons. The molecular formula is C28H29N3O5. The van der Waals surface area contributed by atoms with Crippen LogP contribution < -0.4 is 15.6 Å². The summed E-state index contributed by atoms with van der Waals surface area (Å²) in [7, 11) is 3.15. The highest BCUT2D eigenvalue weighted by molar-refractivity contribution is 6.12. The third-order valence-corrected chi connectivity index (χ3v) is 7.12. The molecule has 1 fully saturated rings. The average molecular weight is 488 g/mol. The molecule has 2 atom stereocenters. The number of carbonyl (C=O) groups excluding carboxylic acids is 2. The van der Waals surface area contributed by atoms with Crippen molar-refractivity contribution in [3.63, 3.8) is 0 Å². The van der Waals surface area contributed by atoms with Gasteiger partial charge in [-0.3, -0.25) is 19.0 Å². The fraction of sp³-hybridized carbons (Fsp3) is 0.321. The van der Waals surface area contributed by atoms with Gasteiger partial charge in [0.05, 0.1) is 36.8 Å². The Labute approximate surface area is 208 Å². The minimum absolute atomic E-state index is 0.146. The normalized spacial score (nSPS) is 17.9. The quantitative estimate of drug-likeness (QED) is 0.406. The van der Waals surface area contributed by atoms with E-state index < -0.39 is 17.6 Å². The summed E-state index contributed by atoms with van der Waals surface area (Å²) in [4.78, 5) is 40.4. The van der Waals surface area contributed by atoms with Crippen LogP contribution in [0.2, 0.25) is 0 Å². The highest BCUT2D eigenvalue weighted by atomic mass is 16.5. The van der Waals surface area contributed by atoms with Gasteiger partial charge in [0.25, 0.3) is 11.5 Å². The number of hydrogen-bond acceptors (Lipinski definition) is 5. The van der Waals surface area contributed by atoms with E-state index in [4.69, 9.17) is 4.74 Å². The van der Waals surface area contributed by atoms with Crippen molar-refractivity contribution in [1.29, 1.82) is 0 Å². The zero-order valence-corrected chi connectivity index (χ0v) is 20.4. The lowest BCUT2D eigenvalue weighted by molar-refractivity contribution is 0.0709. The maximum atomic E-state index is 13.9. The van der Waals surface area contributed by atoms with Gasteiger partial charge in [0.1, 0.15) is 5.39 Å². The molecule has 2 aromatic carbocycles. The summed E-state index contributed by atoms with van der Waals surface area (Å²) in [5, 5.41) is 14.3. The molecule has 186 valence electrons. The molecule has 0 saturated heterocycles. The Hall–Kier alpha value is -3.91. The van der Waals surface area contributed by atoms with Gasteiger partial charge in [-0.1, -0.05) is 61.4 Å². The maximum absolute atomic E-state index is 13.9. The van der Waals surface area contributed by atoms with E-state index in [2.05, 4.69) is 5.32 Å². The highest BCUT2D eigenvalue weighted by Gasteiger charge is 2.31. The Morgan fingerprint density at radius 2 is 1.75 bits per heavy atom. The van der Waals surface area contributed by atoms with Crippen LogP contribution in [-0.2, 0) is 13.6 Å². The predicted molar refractivity (Wildman–Crippen MR) is 138 cm³/mol. The minimum Gasteiger partial charge on any atom is -0.493 e. The molecule has 1 saturated carbocycles. The van der Waals surface area contributed by atoms with E-state index in [1.807, 2.05) is 24.3 Å². The van der Waals surface area contributed by atoms with Crippen molar-refractivity contribution in [2.75, 3.05) is 7.11 Å². The molecular weight excluding hydrogens is 458 g/mol. The molecule has 4 aromatic rings. The van der Waals surface area contributed by atoms with Crippen molar-refractivity contribution in [2.45, 2.75) is 44.4 Å². The van der Waals surface area contributed by atoms with E-state index in [0.29, 0.717) is 29.4 Å². The first-order valence-corrected chi connectivity index (χ1v) is 12.2. The molecule has 2 heterocycles. The summed E-state index contributed by atoms with van der Waals surface area (Å²) in [6.07, 6.45) is 2.58. The summed E-state index contributed by atoms with van der Waals surface area (Å²) in [6, 6.07) is 15.8. The molecule has 5 rings (SSSR count). The largest absolute Gasteiger partial charge is 0.493 e. The van der Waals surface area contributed by atoms with Crippen LogP contribution in [0.4, 0.5) is 0 Å². The number of nitrogens with one attached hydrogen (secondary N) is 1. The number of amides is 1. The zero-order chi connectivity index (χ0) is 25.4. The minimum atomic E-state index is -0.606. The molecule has 8 nitrogen and oxygen atoms in total. The van der Waals surface area contributed by atoms with Crippen LogP contribution in [0.25, 0.3) is 21.8 Å². The van der Waals surface area contributed by atoms with Gasteiger partial charge in [-0.25, -0.2) is 0 Å². The van der Waals surface area contributed by atoms with Gasteiger partial charge >= 0.3 is 0 Å². The van der Waals surface area contributed by atoms with Gasteiger partial charge in [0, 0.05) is 18.0 Å². The standard InChI is InChI=1S/C28H29N3O5/c1-30-24-18-12-6-8-14-20(18)31(16-22(33)17-10-4-3-5-11-17)28(35)23(24)26(36-2)25(30)27(34)29-19-13-7-9-15-21(19)32/h3-6,8,10-12,14,19,21,32H,7,9,13,15-16H2,1-2H3,(H,29,34)/t19-,21-/m1/s1. The molecule has 0 aliphatic heterocycles. The lowest BCUT2D eigenvalue weighted by atomic mass is 9.92. The van der Waals surface area contributed by atoms with E-state index in [1.54, 1.807) is 41.9 Å². The first-order valence-electron chi connectivity index (χ1n) is 12.2. The molecule has 1 aliphatic rings. The molecule has 0 bridgehead atoms. The van der Waals surface area contributed by atoms with Crippen molar-refractivity contribution >= 4 is 33.5 Å². The molecule has 2 aromatic heterocycles. The molecule has 0 spiro atoms. The Bertz CT molecular complexity index is 1520. The number of aliphatic hydroxyl groups is 1. The third kappa shape index (κ3) is 3.97. The number of rotatable bonds is 6. The van der Waals surface area contributed by atoms with Crippen molar-refractivity contribution in [3.8, 4) is 5.75 Å². The second-order valence-corrected chi connectivity index (χ2v) is 9.29. The number of hydrogen-bond donors (Lipinski definition) is 2. The fourth-order valence-electron chi connectivity index (χ4n) is 5.31. The van der Waals surface area contributed by atoms with Gasteiger partial charge in [0.15, 0.2) is 17.2 Å². The van der Waals surface area contributed by atoms with E-state index in [9.17, 15) is 19.5 Å². The summed E-state index contributed by atoms with van der Waals surface area (Å²) in [5.41, 5.74) is 1.47. The number of para-hydroxylation sites is 1. The van der Waals surface area contributed by atoms with Crippen LogP contribution in [0.1, 0.15) is 46.5 Å². The number of Topliss-reactive ketones (excluding diaryl/α,β-unsaturated/α-hetero) is 1. The Morgan fingerprint density at radius 1 is 1.06 bits per heavy atom. The number of carbonyl (C=O) groups is 2. The van der Waals surface area contributed by atoms with Crippen molar-refractivity contribution in [2.24, 2.45) is 7.05 Å². The first-order chi connectivity index (χ1) is 17.4. The number of nitrogens with zero attached hydrogens (tertiary/aromatic N) is 2. The average Bonchev–Trinajstić information content (AvgIpc) is 3.20. The smallest absolute Gasteiger partial charge is 0.272 e. The van der Waals surface area contributed by atoms with Crippen molar-refractivity contribution in [3.05, 3.63) is 76.2 Å². The third-order valence-electron chi connectivity index (χ3n) is 7.12. The van der Waals surface area contributed by atoms with E-state index in [0.717, 1.165) is 18.2 Å². The van der Waals surface area contributed by atoms with Crippen molar-refractivity contribution < 1.29 is 19.4 Å². The van der Waals surface area contributed by atoms with Crippen molar-refractivity contribution in [1.82, 2.24) is 14.5 Å². The van der Waals surface area contributed by atoms with Crippen LogP contribution in [0, 0.1) is 0 Å². The maximum Gasteiger partial charge on any atom is 0.272 e. The Morgan fingerprint density at radius 3 is 2.47 bits per heavy atom. The number of aliphatic hydroxyl groups excluding tert-OH is 1.